The van der Waals surface area contributed by atoms with Crippen LogP contribution in [0.3, 0.4) is 0 Å². The minimum absolute atomic E-state index is 0.204. The molecule has 1 heterocycles. The molecule has 2 rings (SSSR count). The van der Waals surface area contributed by atoms with Gasteiger partial charge < -0.3 is 14.8 Å². The maximum absolute atomic E-state index is 13.5. The molecule has 1 aliphatic rings. The normalized spacial score (nSPS) is 20.4. The Bertz CT molecular complexity index is 436. The van der Waals surface area contributed by atoms with Gasteiger partial charge in [-0.3, -0.25) is 0 Å². The molecule has 1 aromatic rings. The summed E-state index contributed by atoms with van der Waals surface area (Å²) in [5.41, 5.74) is 0.708. The number of hydrogen-bond acceptors (Lipinski definition) is 3. The lowest BCUT2D eigenvalue weighted by atomic mass is 9.89. The summed E-state index contributed by atoms with van der Waals surface area (Å²) in [5.74, 6) is -1.36. The number of halogens is 2. The van der Waals surface area contributed by atoms with Crippen LogP contribution in [0.1, 0.15) is 30.9 Å². The van der Waals surface area contributed by atoms with Gasteiger partial charge in [0, 0.05) is 32.8 Å². The van der Waals surface area contributed by atoms with E-state index < -0.39 is 11.6 Å². The van der Waals surface area contributed by atoms with Gasteiger partial charge in [0.1, 0.15) is 0 Å². The third-order valence-corrected chi connectivity index (χ3v) is 3.83. The molecule has 0 bridgehead atoms. The third-order valence-electron chi connectivity index (χ3n) is 3.83. The Balaban J connectivity index is 2.07. The molecule has 5 heteroatoms. The first-order chi connectivity index (χ1) is 10.2. The minimum Gasteiger partial charge on any atom is -0.385 e. The van der Waals surface area contributed by atoms with Crippen LogP contribution in [-0.2, 0) is 9.47 Å². The van der Waals surface area contributed by atoms with E-state index in [1.165, 1.54) is 12.1 Å². The standard InChI is InChI=1S/C16H23F2NO2/c1-20-8-3-9-21-16(13-4-2-7-19-11-13)12-5-6-14(17)15(18)10-12/h5-6,10,13,16,19H,2-4,7-9,11H2,1H3. The molecule has 1 saturated heterocycles. The summed E-state index contributed by atoms with van der Waals surface area (Å²) in [4.78, 5) is 0. The largest absolute Gasteiger partial charge is 0.385 e. The van der Waals surface area contributed by atoms with Crippen molar-refractivity contribution in [2.24, 2.45) is 5.92 Å². The van der Waals surface area contributed by atoms with E-state index in [-0.39, 0.29) is 12.0 Å². The Kier molecular flexibility index (Phi) is 6.54. The first-order valence-corrected chi connectivity index (χ1v) is 7.48. The van der Waals surface area contributed by atoms with Crippen molar-refractivity contribution in [3.05, 3.63) is 35.4 Å². The zero-order valence-corrected chi connectivity index (χ0v) is 12.4. The molecule has 0 aromatic heterocycles. The molecule has 1 aromatic carbocycles. The summed E-state index contributed by atoms with van der Waals surface area (Å²) in [5, 5.41) is 3.34. The number of nitrogens with one attached hydrogen (secondary N) is 1. The van der Waals surface area contributed by atoms with E-state index in [1.54, 1.807) is 13.2 Å². The molecule has 0 radical (unpaired) electrons. The molecule has 3 nitrogen and oxygen atoms in total. The quantitative estimate of drug-likeness (QED) is 0.785. The van der Waals surface area contributed by atoms with Crippen molar-refractivity contribution in [2.75, 3.05) is 33.4 Å². The molecule has 1 aliphatic heterocycles. The van der Waals surface area contributed by atoms with E-state index in [1.807, 2.05) is 0 Å². The SMILES string of the molecule is COCCCOC(c1ccc(F)c(F)c1)C1CCCNC1. The van der Waals surface area contributed by atoms with Crippen LogP contribution in [-0.4, -0.2) is 33.4 Å². The van der Waals surface area contributed by atoms with Crippen molar-refractivity contribution in [1.82, 2.24) is 5.32 Å². The maximum Gasteiger partial charge on any atom is 0.159 e. The summed E-state index contributed by atoms with van der Waals surface area (Å²) in [6, 6.07) is 4.05. The number of benzene rings is 1. The van der Waals surface area contributed by atoms with E-state index in [2.05, 4.69) is 5.32 Å². The van der Waals surface area contributed by atoms with Crippen molar-refractivity contribution in [2.45, 2.75) is 25.4 Å². The molecule has 0 amide bonds. The molecular formula is C16H23F2NO2. The second kappa shape index (κ2) is 8.41. The average Bonchev–Trinajstić information content (AvgIpc) is 2.51. The van der Waals surface area contributed by atoms with Crippen LogP contribution in [0.2, 0.25) is 0 Å². The van der Waals surface area contributed by atoms with Gasteiger partial charge in [-0.25, -0.2) is 8.78 Å². The van der Waals surface area contributed by atoms with E-state index >= 15 is 0 Å². The number of piperidine rings is 1. The van der Waals surface area contributed by atoms with E-state index in [0.29, 0.717) is 18.8 Å². The maximum atomic E-state index is 13.5. The van der Waals surface area contributed by atoms with Gasteiger partial charge in [-0.2, -0.15) is 0 Å². The van der Waals surface area contributed by atoms with Crippen molar-refractivity contribution < 1.29 is 18.3 Å². The van der Waals surface area contributed by atoms with Gasteiger partial charge >= 0.3 is 0 Å². The smallest absolute Gasteiger partial charge is 0.159 e. The van der Waals surface area contributed by atoms with Crippen molar-refractivity contribution >= 4 is 0 Å². The van der Waals surface area contributed by atoms with Gasteiger partial charge in [-0.1, -0.05) is 6.07 Å². The first kappa shape index (κ1) is 16.3. The lowest BCUT2D eigenvalue weighted by Crippen LogP contribution is -2.34. The van der Waals surface area contributed by atoms with Gasteiger partial charge in [-0.15, -0.1) is 0 Å². The van der Waals surface area contributed by atoms with Crippen molar-refractivity contribution in [3.63, 3.8) is 0 Å². The summed E-state index contributed by atoms with van der Waals surface area (Å²) >= 11 is 0. The lowest BCUT2D eigenvalue weighted by Gasteiger charge is -2.31. The highest BCUT2D eigenvalue weighted by atomic mass is 19.2. The highest BCUT2D eigenvalue weighted by Gasteiger charge is 2.26. The molecule has 1 N–H and O–H groups in total. The predicted octanol–water partition coefficient (Wildman–Crippen LogP) is 3.06. The lowest BCUT2D eigenvalue weighted by molar-refractivity contribution is -0.00523. The first-order valence-electron chi connectivity index (χ1n) is 7.48. The zero-order chi connectivity index (χ0) is 15.1. The minimum atomic E-state index is -0.821. The molecule has 0 aliphatic carbocycles. The van der Waals surface area contributed by atoms with Crippen LogP contribution in [0.4, 0.5) is 8.78 Å². The van der Waals surface area contributed by atoms with Crippen LogP contribution in [0.25, 0.3) is 0 Å². The molecule has 118 valence electrons. The molecule has 1 fully saturated rings. The summed E-state index contributed by atoms with van der Waals surface area (Å²) in [7, 11) is 1.65. The molecular weight excluding hydrogens is 276 g/mol. The number of rotatable bonds is 7. The van der Waals surface area contributed by atoms with Crippen LogP contribution in [0.5, 0.6) is 0 Å². The molecule has 0 saturated carbocycles. The Morgan fingerprint density at radius 1 is 1.29 bits per heavy atom. The van der Waals surface area contributed by atoms with Crippen LogP contribution < -0.4 is 5.32 Å². The van der Waals surface area contributed by atoms with Crippen molar-refractivity contribution in [3.8, 4) is 0 Å². The Morgan fingerprint density at radius 2 is 2.14 bits per heavy atom. The average molecular weight is 299 g/mol. The highest BCUT2D eigenvalue weighted by molar-refractivity contribution is 5.21. The summed E-state index contributed by atoms with van der Waals surface area (Å²) < 4.78 is 37.6. The Hall–Kier alpha value is -1.04. The Labute approximate surface area is 124 Å². The van der Waals surface area contributed by atoms with E-state index in [4.69, 9.17) is 9.47 Å². The fourth-order valence-electron chi connectivity index (χ4n) is 2.74. The predicted molar refractivity (Wildman–Crippen MR) is 77.1 cm³/mol. The summed E-state index contributed by atoms with van der Waals surface area (Å²) in [6.07, 6.45) is 2.69. The topological polar surface area (TPSA) is 30.5 Å². The Morgan fingerprint density at radius 3 is 2.81 bits per heavy atom. The molecule has 2 unspecified atom stereocenters. The fourth-order valence-corrected chi connectivity index (χ4v) is 2.74. The van der Waals surface area contributed by atoms with Gasteiger partial charge in [-0.05, 0) is 43.5 Å². The van der Waals surface area contributed by atoms with E-state index in [0.717, 1.165) is 32.4 Å². The number of ether oxygens (including phenoxy) is 2. The molecule has 21 heavy (non-hydrogen) atoms. The number of methoxy groups -OCH3 is 1. The van der Waals surface area contributed by atoms with Gasteiger partial charge in [0.25, 0.3) is 0 Å². The van der Waals surface area contributed by atoms with Gasteiger partial charge in [0.05, 0.1) is 6.10 Å². The molecule has 2 atom stereocenters. The van der Waals surface area contributed by atoms with Crippen LogP contribution >= 0.6 is 0 Å². The van der Waals surface area contributed by atoms with Gasteiger partial charge in [0.2, 0.25) is 0 Å². The van der Waals surface area contributed by atoms with Gasteiger partial charge in [0.15, 0.2) is 11.6 Å². The monoisotopic (exact) mass is 299 g/mol. The van der Waals surface area contributed by atoms with Crippen LogP contribution in [0, 0.1) is 17.6 Å². The third kappa shape index (κ3) is 4.73. The van der Waals surface area contributed by atoms with Crippen LogP contribution in [0.15, 0.2) is 18.2 Å². The highest BCUT2D eigenvalue weighted by Crippen LogP contribution is 2.31. The summed E-state index contributed by atoms with van der Waals surface area (Å²) in [6.45, 7) is 3.03. The zero-order valence-electron chi connectivity index (χ0n) is 12.4. The second-order valence-electron chi connectivity index (χ2n) is 5.42. The molecule has 0 spiro atoms. The fraction of sp³-hybridized carbons (Fsp3) is 0.625. The number of hydrogen-bond donors (Lipinski definition) is 1. The second-order valence-corrected chi connectivity index (χ2v) is 5.42. The van der Waals surface area contributed by atoms with E-state index in [9.17, 15) is 8.78 Å². The van der Waals surface area contributed by atoms with Crippen molar-refractivity contribution in [1.29, 1.82) is 0 Å².